The van der Waals surface area contributed by atoms with Gasteiger partial charge in [0.25, 0.3) is 5.97 Å². The molecule has 0 atom stereocenters. The molecule has 0 aliphatic carbocycles. The Hall–Kier alpha value is 0.966. The van der Waals surface area contributed by atoms with Crippen molar-refractivity contribution in [1.29, 1.82) is 0 Å². The Bertz CT molecular complexity index is 136. The summed E-state index contributed by atoms with van der Waals surface area (Å²) in [7, 11) is 0. The first kappa shape index (κ1) is 23.1. The second-order valence-corrected chi connectivity index (χ2v) is 2.01. The van der Waals surface area contributed by atoms with E-state index in [4.69, 9.17) is 15.0 Å². The van der Waals surface area contributed by atoms with E-state index in [0.717, 1.165) is 6.92 Å². The van der Waals surface area contributed by atoms with Gasteiger partial charge in [-0.1, -0.05) is 13.8 Å². The largest absolute Gasteiger partial charge is 2.00 e. The van der Waals surface area contributed by atoms with Gasteiger partial charge in [-0.2, -0.15) is 0 Å². The van der Waals surface area contributed by atoms with Crippen LogP contribution in [0.15, 0.2) is 0 Å². The molecule has 0 spiro atoms. The number of carboxylic acid groups (broad SMARTS) is 2. The maximum absolute atomic E-state index is 9.70. The Morgan fingerprint density at radius 1 is 1.25 bits per heavy atom. The molecule has 0 radical (unpaired) electrons. The number of hydrogen-bond acceptors (Lipinski definition) is 2. The van der Waals surface area contributed by atoms with E-state index in [-0.39, 0.29) is 72.4 Å². The number of rotatable bonds is 1. The van der Waals surface area contributed by atoms with E-state index < -0.39 is 11.9 Å². The minimum absolute atomic E-state index is 0. The minimum atomic E-state index is -0.833. The van der Waals surface area contributed by atoms with Gasteiger partial charge in [0, 0.05) is 6.92 Å². The van der Waals surface area contributed by atoms with E-state index >= 15 is 0 Å². The van der Waals surface area contributed by atoms with E-state index in [1.165, 1.54) is 0 Å². The number of aliphatic carboxylic acids is 2. The van der Waals surface area contributed by atoms with Crippen molar-refractivity contribution in [2.75, 3.05) is 0 Å². The second kappa shape index (κ2) is 14.5. The van der Waals surface area contributed by atoms with Gasteiger partial charge < -0.3 is 15.9 Å². The van der Waals surface area contributed by atoms with Gasteiger partial charge >= 0.3 is 66.8 Å². The molecule has 6 heteroatoms. The van der Waals surface area contributed by atoms with Gasteiger partial charge in [0.15, 0.2) is 0 Å². The molecular weight excluding hydrogens is 200 g/mol. The van der Waals surface area contributed by atoms with E-state index in [0.29, 0.717) is 0 Å². The van der Waals surface area contributed by atoms with Gasteiger partial charge in [0.2, 0.25) is 0 Å². The zero-order chi connectivity index (χ0) is 8.73. The Kier molecular flexibility index (Phi) is 27.9. The molecule has 0 aliphatic heterocycles. The van der Waals surface area contributed by atoms with Crippen LogP contribution in [0.2, 0.25) is 0 Å². The maximum atomic E-state index is 9.70. The summed E-state index contributed by atoms with van der Waals surface area (Å²) >= 11 is 0. The topological polar surface area (TPSA) is 74.6 Å². The van der Waals surface area contributed by atoms with Crippen LogP contribution in [0.4, 0.5) is 0 Å². The van der Waals surface area contributed by atoms with Crippen molar-refractivity contribution in [3.63, 3.8) is 0 Å². The molecule has 0 unspecified atom stereocenters. The molecule has 0 amide bonds. The van der Waals surface area contributed by atoms with Crippen molar-refractivity contribution in [3.05, 3.63) is 0 Å². The SMILES string of the molecule is CC(=O)O.CC(C)C(=O)O.[Ca+2].[H-].[H-].[H-].[H-].[Mg+2]. The maximum Gasteiger partial charge on any atom is 2.00 e. The fourth-order valence-corrected chi connectivity index (χ4v) is 0. The van der Waals surface area contributed by atoms with Gasteiger partial charge in [-0.25, -0.2) is 0 Å². The molecule has 0 aliphatic rings. The fourth-order valence-electron chi connectivity index (χ4n) is 0. The molecule has 0 aromatic rings. The molecule has 0 aromatic carbocycles. The van der Waals surface area contributed by atoms with Gasteiger partial charge in [0.05, 0.1) is 5.92 Å². The summed E-state index contributed by atoms with van der Waals surface area (Å²) in [5.74, 6) is -1.81. The average molecular weight is 217 g/mol. The molecule has 68 valence electrons. The summed E-state index contributed by atoms with van der Waals surface area (Å²) in [6, 6.07) is 0. The molecule has 0 saturated heterocycles. The van der Waals surface area contributed by atoms with E-state index in [9.17, 15) is 4.79 Å². The van der Waals surface area contributed by atoms with E-state index in [2.05, 4.69) is 0 Å². The second-order valence-electron chi connectivity index (χ2n) is 2.01. The van der Waals surface area contributed by atoms with Crippen molar-refractivity contribution < 1.29 is 25.5 Å². The fraction of sp³-hybridized carbons (Fsp3) is 0.667. The molecule has 0 rings (SSSR count). The molecule has 0 fully saturated rings. The van der Waals surface area contributed by atoms with Gasteiger partial charge in [0.1, 0.15) is 0 Å². The number of carboxylic acids is 2. The molecular formula is C6H16CaMgO4. The van der Waals surface area contributed by atoms with Crippen LogP contribution in [0, 0.1) is 5.92 Å². The Morgan fingerprint density at radius 3 is 1.33 bits per heavy atom. The Morgan fingerprint density at radius 2 is 1.33 bits per heavy atom. The third kappa shape index (κ3) is 44.2. The minimum Gasteiger partial charge on any atom is -1.00 e. The molecule has 0 aromatic heterocycles. The summed E-state index contributed by atoms with van der Waals surface area (Å²) in [5.41, 5.74) is 0. The quantitative estimate of drug-likeness (QED) is 0.626. The van der Waals surface area contributed by atoms with E-state index in [1.54, 1.807) is 13.8 Å². The van der Waals surface area contributed by atoms with Crippen LogP contribution >= 0.6 is 0 Å². The predicted octanol–water partition coefficient (Wildman–Crippen LogP) is 0.506. The van der Waals surface area contributed by atoms with Gasteiger partial charge in [-0.15, -0.1) is 0 Å². The molecule has 0 bridgehead atoms. The van der Waals surface area contributed by atoms with Crippen LogP contribution in [0.1, 0.15) is 26.5 Å². The van der Waals surface area contributed by atoms with Crippen molar-refractivity contribution >= 4 is 72.7 Å². The molecule has 0 saturated carbocycles. The normalized spacial score (nSPS) is 6.67. The first-order chi connectivity index (χ1) is 4.37. The van der Waals surface area contributed by atoms with Crippen LogP contribution in [0.3, 0.4) is 0 Å². The predicted molar refractivity (Wildman–Crippen MR) is 51.7 cm³/mol. The van der Waals surface area contributed by atoms with Crippen LogP contribution in [-0.4, -0.2) is 82.9 Å². The Balaban J connectivity index is -0.00000001000. The zero-order valence-electron chi connectivity index (χ0n) is 11.7. The molecule has 12 heavy (non-hydrogen) atoms. The third-order valence-electron chi connectivity index (χ3n) is 0.494. The standard InChI is InChI=1S/C4H8O2.C2H4O2.Ca.Mg.4H/c1-3(2)4(5)6;1-2(3)4;;;;;;/h3H,1-2H3,(H,5,6);1H3,(H,3,4);;;;;;/q;;2*+2;4*-1. The third-order valence-corrected chi connectivity index (χ3v) is 0.494. The summed E-state index contributed by atoms with van der Waals surface area (Å²) in [4.78, 5) is 18.7. The Labute approximate surface area is 124 Å². The summed E-state index contributed by atoms with van der Waals surface area (Å²) in [6.45, 7) is 4.37. The van der Waals surface area contributed by atoms with Crippen molar-refractivity contribution in [2.45, 2.75) is 20.8 Å². The summed E-state index contributed by atoms with van der Waals surface area (Å²) in [6.07, 6.45) is 0. The number of carbonyl (C=O) groups is 2. The molecule has 2 N–H and O–H groups in total. The zero-order valence-corrected chi connectivity index (χ0v) is 11.3. The smallest absolute Gasteiger partial charge is 1.00 e. The van der Waals surface area contributed by atoms with Gasteiger partial charge in [-0.3, -0.25) is 9.59 Å². The van der Waals surface area contributed by atoms with Crippen molar-refractivity contribution in [3.8, 4) is 0 Å². The van der Waals surface area contributed by atoms with Crippen molar-refractivity contribution in [2.24, 2.45) is 5.92 Å². The molecule has 4 nitrogen and oxygen atoms in total. The summed E-state index contributed by atoms with van der Waals surface area (Å²) in [5, 5.41) is 15.4. The monoisotopic (exact) mass is 216 g/mol. The molecule has 0 heterocycles. The van der Waals surface area contributed by atoms with Crippen molar-refractivity contribution in [1.82, 2.24) is 0 Å². The van der Waals surface area contributed by atoms with Crippen LogP contribution in [0.5, 0.6) is 0 Å². The van der Waals surface area contributed by atoms with Gasteiger partial charge in [-0.05, 0) is 0 Å². The van der Waals surface area contributed by atoms with Crippen LogP contribution < -0.4 is 0 Å². The summed E-state index contributed by atoms with van der Waals surface area (Å²) < 4.78 is 0. The average Bonchev–Trinajstić information content (AvgIpc) is 1.63. The van der Waals surface area contributed by atoms with Crippen LogP contribution in [0.25, 0.3) is 0 Å². The first-order valence-electron chi connectivity index (χ1n) is 2.80. The van der Waals surface area contributed by atoms with E-state index in [1.807, 2.05) is 0 Å². The first-order valence-corrected chi connectivity index (χ1v) is 2.80. The number of hydrogen-bond donors (Lipinski definition) is 2. The van der Waals surface area contributed by atoms with Crippen LogP contribution in [-0.2, 0) is 9.59 Å².